The van der Waals surface area contributed by atoms with Crippen molar-refractivity contribution in [3.05, 3.63) is 0 Å². The Kier molecular flexibility index (Phi) is 6.81. The second-order valence-electron chi connectivity index (χ2n) is 4.22. The van der Waals surface area contributed by atoms with Gasteiger partial charge in [0.1, 0.15) is 6.61 Å². The fraction of sp³-hybridized carbons (Fsp3) is 0.909. The summed E-state index contributed by atoms with van der Waals surface area (Å²) in [5, 5.41) is 0. The zero-order valence-electron chi connectivity index (χ0n) is 10.3. The molecule has 1 aliphatic heterocycles. The Morgan fingerprint density at radius 3 is 2.94 bits per heavy atom. The van der Waals surface area contributed by atoms with Gasteiger partial charge >= 0.3 is 0 Å². The van der Waals surface area contributed by atoms with Crippen LogP contribution in [0.5, 0.6) is 0 Å². The van der Waals surface area contributed by atoms with Gasteiger partial charge in [0.25, 0.3) is 6.43 Å². The molecule has 0 bridgehead atoms. The topological polar surface area (TPSA) is 38.8 Å². The number of nitrogens with zero attached hydrogens (tertiary/aromatic N) is 1. The van der Waals surface area contributed by atoms with Gasteiger partial charge in [-0.2, -0.15) is 0 Å². The molecule has 1 amide bonds. The molecular weight excluding hydrogens is 268 g/mol. The van der Waals surface area contributed by atoms with Crippen molar-refractivity contribution < 1.29 is 23.0 Å². The summed E-state index contributed by atoms with van der Waals surface area (Å²) in [7, 11) is 0. The molecule has 1 aliphatic rings. The van der Waals surface area contributed by atoms with Crippen molar-refractivity contribution in [3.8, 4) is 0 Å². The third-order valence-corrected chi connectivity index (χ3v) is 3.05. The van der Waals surface area contributed by atoms with Gasteiger partial charge in [-0.25, -0.2) is 8.78 Å². The van der Waals surface area contributed by atoms with Crippen molar-refractivity contribution in [1.29, 1.82) is 0 Å². The molecule has 0 aromatic carbocycles. The van der Waals surface area contributed by atoms with Crippen molar-refractivity contribution in [3.63, 3.8) is 0 Å². The second kappa shape index (κ2) is 7.86. The molecule has 0 aromatic heterocycles. The van der Waals surface area contributed by atoms with Crippen LogP contribution in [0.4, 0.5) is 8.78 Å². The highest BCUT2D eigenvalue weighted by Gasteiger charge is 2.28. The largest absolute Gasteiger partial charge is 0.375 e. The van der Waals surface area contributed by atoms with E-state index in [1.807, 2.05) is 6.92 Å². The summed E-state index contributed by atoms with van der Waals surface area (Å²) in [4.78, 5) is 13.5. The van der Waals surface area contributed by atoms with Crippen LogP contribution in [0.15, 0.2) is 0 Å². The minimum Gasteiger partial charge on any atom is -0.375 e. The Morgan fingerprint density at radius 1 is 1.61 bits per heavy atom. The first-order chi connectivity index (χ1) is 8.54. The van der Waals surface area contributed by atoms with Gasteiger partial charge in [0, 0.05) is 6.54 Å². The molecule has 0 aromatic rings. The molecule has 0 aliphatic carbocycles. The van der Waals surface area contributed by atoms with E-state index in [1.54, 1.807) is 4.90 Å². The first kappa shape index (κ1) is 15.6. The number of hydrogen-bond acceptors (Lipinski definition) is 3. The molecule has 1 saturated heterocycles. The van der Waals surface area contributed by atoms with Crippen LogP contribution in [0.1, 0.15) is 13.3 Å². The summed E-state index contributed by atoms with van der Waals surface area (Å²) in [6.45, 7) is 2.15. The molecule has 0 radical (unpaired) electrons. The fourth-order valence-electron chi connectivity index (χ4n) is 1.73. The van der Waals surface area contributed by atoms with Gasteiger partial charge in [0.15, 0.2) is 0 Å². The number of rotatable bonds is 6. The minimum absolute atomic E-state index is 0.0127. The summed E-state index contributed by atoms with van der Waals surface area (Å²) in [5.74, 6) is 0.216. The number of halogens is 3. The van der Waals surface area contributed by atoms with Gasteiger partial charge in [0.2, 0.25) is 5.91 Å². The van der Waals surface area contributed by atoms with Crippen LogP contribution in [0.2, 0.25) is 0 Å². The summed E-state index contributed by atoms with van der Waals surface area (Å²) in [6.07, 6.45) is -2.55. The number of morpholine rings is 1. The lowest BCUT2D eigenvalue weighted by Crippen LogP contribution is -2.51. The van der Waals surface area contributed by atoms with Gasteiger partial charge in [-0.1, -0.05) is 0 Å². The zero-order chi connectivity index (χ0) is 13.5. The summed E-state index contributed by atoms with van der Waals surface area (Å²) < 4.78 is 33.8. The van der Waals surface area contributed by atoms with E-state index < -0.39 is 13.0 Å². The van der Waals surface area contributed by atoms with E-state index in [4.69, 9.17) is 21.1 Å². The maximum Gasteiger partial charge on any atom is 0.261 e. The molecule has 7 heteroatoms. The predicted octanol–water partition coefficient (Wildman–Crippen LogP) is 1.51. The lowest BCUT2D eigenvalue weighted by atomic mass is 10.2. The van der Waals surface area contributed by atoms with Crippen LogP contribution in [-0.4, -0.2) is 61.6 Å². The van der Waals surface area contributed by atoms with Crippen LogP contribution in [-0.2, 0) is 14.3 Å². The molecule has 1 fully saturated rings. The quantitative estimate of drug-likeness (QED) is 0.548. The maximum atomic E-state index is 11.9. The Hall–Kier alpha value is -0.460. The van der Waals surface area contributed by atoms with E-state index in [1.165, 1.54) is 0 Å². The van der Waals surface area contributed by atoms with Crippen molar-refractivity contribution in [2.24, 2.45) is 0 Å². The number of alkyl halides is 3. The molecule has 0 spiro atoms. The highest BCUT2D eigenvalue weighted by molar-refractivity contribution is 6.18. The molecule has 18 heavy (non-hydrogen) atoms. The number of hydrogen-bond donors (Lipinski definition) is 0. The molecule has 106 valence electrons. The van der Waals surface area contributed by atoms with E-state index >= 15 is 0 Å². The van der Waals surface area contributed by atoms with Crippen molar-refractivity contribution in [2.45, 2.75) is 31.9 Å². The first-order valence-corrected chi connectivity index (χ1v) is 6.41. The lowest BCUT2D eigenvalue weighted by molar-refractivity contribution is -0.144. The zero-order valence-corrected chi connectivity index (χ0v) is 11.0. The third-order valence-electron chi connectivity index (χ3n) is 2.70. The third kappa shape index (κ3) is 5.04. The monoisotopic (exact) mass is 285 g/mol. The van der Waals surface area contributed by atoms with Crippen molar-refractivity contribution in [1.82, 2.24) is 4.90 Å². The molecule has 0 N–H and O–H groups in total. The van der Waals surface area contributed by atoms with Crippen LogP contribution in [0.3, 0.4) is 0 Å². The Bertz CT molecular complexity index is 269. The standard InChI is InChI=1S/C11H18ClF2NO3/c1-8-6-18-9(4-12)5-15(8)11(16)2-3-17-7-10(13)14/h8-10H,2-7H2,1H3. The lowest BCUT2D eigenvalue weighted by Gasteiger charge is -2.37. The fourth-order valence-corrected chi connectivity index (χ4v) is 1.92. The average molecular weight is 286 g/mol. The molecule has 2 atom stereocenters. The highest BCUT2D eigenvalue weighted by Crippen LogP contribution is 2.14. The Balaban J connectivity index is 2.30. The number of carbonyl (C=O) groups is 1. The summed E-state index contributed by atoms with van der Waals surface area (Å²) >= 11 is 5.69. The number of ether oxygens (including phenoxy) is 2. The van der Waals surface area contributed by atoms with E-state index in [0.29, 0.717) is 19.0 Å². The smallest absolute Gasteiger partial charge is 0.261 e. The highest BCUT2D eigenvalue weighted by atomic mass is 35.5. The van der Waals surface area contributed by atoms with Crippen LogP contribution >= 0.6 is 11.6 Å². The second-order valence-corrected chi connectivity index (χ2v) is 4.53. The van der Waals surface area contributed by atoms with Crippen LogP contribution in [0, 0.1) is 0 Å². The maximum absolute atomic E-state index is 11.9. The minimum atomic E-state index is -2.50. The number of amides is 1. The first-order valence-electron chi connectivity index (χ1n) is 5.87. The molecular formula is C11H18ClF2NO3. The van der Waals surface area contributed by atoms with E-state index in [-0.39, 0.29) is 31.1 Å². The van der Waals surface area contributed by atoms with E-state index in [2.05, 4.69) is 0 Å². The van der Waals surface area contributed by atoms with Crippen molar-refractivity contribution >= 4 is 17.5 Å². The van der Waals surface area contributed by atoms with Crippen LogP contribution in [0.25, 0.3) is 0 Å². The SMILES string of the molecule is CC1COC(CCl)CN1C(=O)CCOCC(F)F. The van der Waals surface area contributed by atoms with E-state index in [0.717, 1.165) is 0 Å². The molecule has 1 heterocycles. The average Bonchev–Trinajstić information content (AvgIpc) is 2.34. The Labute approximate surface area is 110 Å². The Morgan fingerprint density at radius 2 is 2.33 bits per heavy atom. The van der Waals surface area contributed by atoms with Gasteiger partial charge in [-0.15, -0.1) is 11.6 Å². The normalized spacial score (nSPS) is 24.6. The molecule has 0 saturated carbocycles. The van der Waals surface area contributed by atoms with Gasteiger partial charge in [-0.05, 0) is 6.92 Å². The molecule has 4 nitrogen and oxygen atoms in total. The van der Waals surface area contributed by atoms with Gasteiger partial charge in [-0.3, -0.25) is 4.79 Å². The molecule has 2 unspecified atom stereocenters. The summed E-state index contributed by atoms with van der Waals surface area (Å²) in [5.41, 5.74) is 0. The predicted molar refractivity (Wildman–Crippen MR) is 63.1 cm³/mol. The molecule has 1 rings (SSSR count). The van der Waals surface area contributed by atoms with Gasteiger partial charge < -0.3 is 14.4 Å². The van der Waals surface area contributed by atoms with Gasteiger partial charge in [0.05, 0.1) is 37.7 Å². The van der Waals surface area contributed by atoms with Crippen molar-refractivity contribution in [2.75, 3.05) is 32.2 Å². The summed E-state index contributed by atoms with van der Waals surface area (Å²) in [6, 6.07) is -0.0212. The number of carbonyl (C=O) groups excluding carboxylic acids is 1. The van der Waals surface area contributed by atoms with E-state index in [9.17, 15) is 13.6 Å². The van der Waals surface area contributed by atoms with Crippen LogP contribution < -0.4 is 0 Å².